The average molecular weight is 231 g/mol. The molecule has 0 radical (unpaired) electrons. The minimum Gasteiger partial charge on any atom is -0.379 e. The summed E-state index contributed by atoms with van der Waals surface area (Å²) in [5, 5.41) is 0. The van der Waals surface area contributed by atoms with Gasteiger partial charge in [0.2, 0.25) is 0 Å². The van der Waals surface area contributed by atoms with E-state index in [1.165, 1.54) is 26.1 Å². The maximum absolute atomic E-state index is 5.30. The summed E-state index contributed by atoms with van der Waals surface area (Å²) < 4.78 is 5.30. The molecule has 1 fully saturated rings. The van der Waals surface area contributed by atoms with Crippen molar-refractivity contribution >= 4 is 0 Å². The van der Waals surface area contributed by atoms with E-state index in [0.717, 1.165) is 32.8 Å². The molecule has 0 aliphatic carbocycles. The fourth-order valence-corrected chi connectivity index (χ4v) is 1.63. The summed E-state index contributed by atoms with van der Waals surface area (Å²) in [5.74, 6) is 0. The number of hydrogen-bond donors (Lipinski definition) is 1. The van der Waals surface area contributed by atoms with Crippen molar-refractivity contribution in [3.8, 4) is 0 Å². The van der Waals surface area contributed by atoms with Crippen molar-refractivity contribution in [1.82, 2.24) is 9.80 Å². The Balaban J connectivity index is 0.000000673. The molecule has 0 unspecified atom stereocenters. The summed E-state index contributed by atoms with van der Waals surface area (Å²) >= 11 is 0. The molecule has 2 N–H and O–H groups in total. The van der Waals surface area contributed by atoms with Crippen molar-refractivity contribution < 1.29 is 4.74 Å². The maximum Gasteiger partial charge on any atom is 0.0594 e. The molecule has 0 amide bonds. The highest BCUT2D eigenvalue weighted by atomic mass is 16.5. The van der Waals surface area contributed by atoms with E-state index in [0.29, 0.717) is 0 Å². The zero-order valence-corrected chi connectivity index (χ0v) is 11.2. The van der Waals surface area contributed by atoms with E-state index in [1.807, 2.05) is 6.92 Å². The van der Waals surface area contributed by atoms with Gasteiger partial charge in [0.15, 0.2) is 0 Å². The quantitative estimate of drug-likeness (QED) is 0.753. The van der Waals surface area contributed by atoms with Crippen molar-refractivity contribution in [2.75, 3.05) is 59.5 Å². The Morgan fingerprint density at radius 3 is 2.25 bits per heavy atom. The van der Waals surface area contributed by atoms with Gasteiger partial charge in [0.1, 0.15) is 0 Å². The first-order valence-corrected chi connectivity index (χ1v) is 6.43. The number of morpholine rings is 1. The highest BCUT2D eigenvalue weighted by Crippen LogP contribution is 1.96. The summed E-state index contributed by atoms with van der Waals surface area (Å²) in [4.78, 5) is 4.88. The van der Waals surface area contributed by atoms with E-state index in [9.17, 15) is 0 Å². The number of rotatable bonds is 5. The minimum absolute atomic E-state index is 0.750. The monoisotopic (exact) mass is 231 g/mol. The van der Waals surface area contributed by atoms with Gasteiger partial charge in [-0.05, 0) is 26.6 Å². The van der Waals surface area contributed by atoms with Gasteiger partial charge in [0.05, 0.1) is 13.2 Å². The molecule has 0 spiro atoms. The number of hydrogen-bond acceptors (Lipinski definition) is 4. The zero-order valence-electron chi connectivity index (χ0n) is 11.2. The van der Waals surface area contributed by atoms with Crippen molar-refractivity contribution in [2.45, 2.75) is 20.3 Å². The van der Waals surface area contributed by atoms with Crippen molar-refractivity contribution in [3.05, 3.63) is 0 Å². The van der Waals surface area contributed by atoms with E-state index in [4.69, 9.17) is 10.5 Å². The molecule has 4 heteroatoms. The van der Waals surface area contributed by atoms with Crippen molar-refractivity contribution in [3.63, 3.8) is 0 Å². The average Bonchev–Trinajstić information content (AvgIpc) is 2.29. The van der Waals surface area contributed by atoms with Crippen LogP contribution in [-0.4, -0.2) is 69.3 Å². The Bertz CT molecular complexity index is 138. The Morgan fingerprint density at radius 1 is 1.19 bits per heavy atom. The van der Waals surface area contributed by atoms with Crippen LogP contribution in [0.25, 0.3) is 0 Å². The standard InChI is InChI=1S/C10H22N2O.C2H7N/c1-3-4-11(2)5-6-12-7-9-13-10-8-12;1-2-3/h3-10H2,1-2H3;2-3H2,1H3. The first-order chi connectivity index (χ1) is 7.74. The van der Waals surface area contributed by atoms with Crippen LogP contribution in [0.5, 0.6) is 0 Å². The smallest absolute Gasteiger partial charge is 0.0594 e. The third-order valence-electron chi connectivity index (χ3n) is 2.51. The van der Waals surface area contributed by atoms with Crippen molar-refractivity contribution in [2.24, 2.45) is 5.73 Å². The lowest BCUT2D eigenvalue weighted by molar-refractivity contribution is 0.0345. The predicted molar refractivity (Wildman–Crippen MR) is 69.8 cm³/mol. The number of nitrogens with zero attached hydrogens (tertiary/aromatic N) is 2. The van der Waals surface area contributed by atoms with Gasteiger partial charge in [-0.25, -0.2) is 0 Å². The summed E-state index contributed by atoms with van der Waals surface area (Å²) in [5.41, 5.74) is 4.85. The van der Waals surface area contributed by atoms with E-state index in [2.05, 4.69) is 23.8 Å². The van der Waals surface area contributed by atoms with Crippen LogP contribution >= 0.6 is 0 Å². The molecule has 1 saturated heterocycles. The third kappa shape index (κ3) is 9.09. The van der Waals surface area contributed by atoms with Crippen LogP contribution in [0.4, 0.5) is 0 Å². The second-order valence-corrected chi connectivity index (χ2v) is 4.17. The van der Waals surface area contributed by atoms with Crippen LogP contribution in [0.1, 0.15) is 20.3 Å². The van der Waals surface area contributed by atoms with Crippen molar-refractivity contribution in [1.29, 1.82) is 0 Å². The van der Waals surface area contributed by atoms with Crippen LogP contribution in [0, 0.1) is 0 Å². The van der Waals surface area contributed by atoms with Crippen LogP contribution in [0.2, 0.25) is 0 Å². The van der Waals surface area contributed by atoms with Gasteiger partial charge in [-0.2, -0.15) is 0 Å². The topological polar surface area (TPSA) is 41.7 Å². The Labute approximate surface area is 101 Å². The number of nitrogens with two attached hydrogens (primary N) is 1. The van der Waals surface area contributed by atoms with Crippen LogP contribution in [-0.2, 0) is 4.74 Å². The molecule has 0 bridgehead atoms. The molecule has 0 saturated carbocycles. The van der Waals surface area contributed by atoms with Crippen LogP contribution < -0.4 is 5.73 Å². The summed E-state index contributed by atoms with van der Waals surface area (Å²) in [6, 6.07) is 0. The van der Waals surface area contributed by atoms with E-state index in [-0.39, 0.29) is 0 Å². The summed E-state index contributed by atoms with van der Waals surface area (Å²) in [6.45, 7) is 12.5. The molecule has 1 aliphatic rings. The molecule has 0 aromatic rings. The second-order valence-electron chi connectivity index (χ2n) is 4.17. The van der Waals surface area contributed by atoms with Gasteiger partial charge in [-0.3, -0.25) is 4.90 Å². The summed E-state index contributed by atoms with van der Waals surface area (Å²) in [7, 11) is 2.20. The Kier molecular flexibility index (Phi) is 11.2. The lowest BCUT2D eigenvalue weighted by atomic mass is 10.4. The highest BCUT2D eigenvalue weighted by Gasteiger charge is 2.09. The van der Waals surface area contributed by atoms with Gasteiger partial charge in [-0.15, -0.1) is 0 Å². The lowest BCUT2D eigenvalue weighted by Crippen LogP contribution is -2.40. The summed E-state index contributed by atoms with van der Waals surface area (Å²) in [6.07, 6.45) is 1.25. The van der Waals surface area contributed by atoms with E-state index in [1.54, 1.807) is 0 Å². The molecular weight excluding hydrogens is 202 g/mol. The third-order valence-corrected chi connectivity index (χ3v) is 2.51. The molecule has 16 heavy (non-hydrogen) atoms. The van der Waals surface area contributed by atoms with Gasteiger partial charge >= 0.3 is 0 Å². The molecule has 0 atom stereocenters. The normalized spacial score (nSPS) is 17.1. The van der Waals surface area contributed by atoms with Crippen LogP contribution in [0.3, 0.4) is 0 Å². The first-order valence-electron chi connectivity index (χ1n) is 6.43. The predicted octanol–water partition coefficient (Wildman–Crippen LogP) is 0.625. The lowest BCUT2D eigenvalue weighted by Gasteiger charge is -2.28. The Morgan fingerprint density at radius 2 is 1.75 bits per heavy atom. The van der Waals surface area contributed by atoms with Crippen LogP contribution in [0.15, 0.2) is 0 Å². The zero-order chi connectivity index (χ0) is 12.2. The number of ether oxygens (including phenoxy) is 1. The molecule has 1 rings (SSSR count). The molecule has 0 aromatic carbocycles. The molecular formula is C12H29N3O. The van der Waals surface area contributed by atoms with Gasteiger partial charge < -0.3 is 15.4 Å². The first kappa shape index (κ1) is 15.8. The van der Waals surface area contributed by atoms with Gasteiger partial charge in [-0.1, -0.05) is 13.8 Å². The molecule has 4 nitrogen and oxygen atoms in total. The molecule has 0 aromatic heterocycles. The molecule has 98 valence electrons. The minimum atomic E-state index is 0.750. The SMILES string of the molecule is CCCN(C)CCN1CCOCC1.CCN. The largest absolute Gasteiger partial charge is 0.379 e. The fraction of sp³-hybridized carbons (Fsp3) is 1.00. The molecule has 1 heterocycles. The fourth-order valence-electron chi connectivity index (χ4n) is 1.63. The number of likely N-dealkylation sites (N-methyl/N-ethyl adjacent to an activating group) is 1. The highest BCUT2D eigenvalue weighted by molar-refractivity contribution is 4.63. The second kappa shape index (κ2) is 11.3. The maximum atomic E-state index is 5.30. The van der Waals surface area contributed by atoms with E-state index < -0.39 is 0 Å². The van der Waals surface area contributed by atoms with Gasteiger partial charge in [0, 0.05) is 26.2 Å². The Hall–Kier alpha value is -0.160. The molecule has 1 aliphatic heterocycles. The van der Waals surface area contributed by atoms with Gasteiger partial charge in [0.25, 0.3) is 0 Å². The van der Waals surface area contributed by atoms with E-state index >= 15 is 0 Å².